The van der Waals surface area contributed by atoms with E-state index in [1.54, 1.807) is 12.1 Å². The van der Waals surface area contributed by atoms with Gasteiger partial charge in [0.25, 0.3) is 0 Å². The summed E-state index contributed by atoms with van der Waals surface area (Å²) in [5, 5.41) is 0. The Hall–Kier alpha value is -2.75. The van der Waals surface area contributed by atoms with Crippen molar-refractivity contribution in [3.63, 3.8) is 0 Å². The van der Waals surface area contributed by atoms with Crippen LogP contribution in [0.1, 0.15) is 13.8 Å². The van der Waals surface area contributed by atoms with E-state index < -0.39 is 0 Å². The molecule has 0 aliphatic carbocycles. The summed E-state index contributed by atoms with van der Waals surface area (Å²) in [6.45, 7) is 5.82. The Labute approximate surface area is 141 Å². The first-order valence-corrected chi connectivity index (χ1v) is 8.17. The molecule has 0 spiro atoms. The van der Waals surface area contributed by atoms with Gasteiger partial charge in [-0.05, 0) is 26.0 Å². The molecule has 0 unspecified atom stereocenters. The van der Waals surface area contributed by atoms with Crippen molar-refractivity contribution < 1.29 is 4.39 Å². The van der Waals surface area contributed by atoms with Crippen LogP contribution in [0.4, 0.5) is 10.2 Å². The highest BCUT2D eigenvalue weighted by molar-refractivity contribution is 5.68. The fourth-order valence-corrected chi connectivity index (χ4v) is 2.67. The molecule has 0 fully saturated rings. The van der Waals surface area contributed by atoms with Crippen LogP contribution in [-0.2, 0) is 0 Å². The molecule has 0 radical (unpaired) electrons. The van der Waals surface area contributed by atoms with Gasteiger partial charge in [-0.15, -0.1) is 0 Å². The van der Waals surface area contributed by atoms with E-state index in [1.165, 1.54) is 6.07 Å². The summed E-state index contributed by atoms with van der Waals surface area (Å²) in [5.41, 5.74) is 2.01. The van der Waals surface area contributed by atoms with Crippen LogP contribution in [0.25, 0.3) is 22.6 Å². The Morgan fingerprint density at radius 1 is 0.875 bits per heavy atom. The lowest BCUT2D eigenvalue weighted by atomic mass is 10.1. The predicted octanol–water partition coefficient (Wildman–Crippen LogP) is 4.80. The van der Waals surface area contributed by atoms with Crippen molar-refractivity contribution in [3.05, 3.63) is 66.5 Å². The lowest BCUT2D eigenvalue weighted by Gasteiger charge is -2.21. The average Bonchev–Trinajstić information content (AvgIpc) is 2.64. The van der Waals surface area contributed by atoms with E-state index >= 15 is 0 Å². The molecule has 0 aliphatic rings. The van der Waals surface area contributed by atoms with Crippen molar-refractivity contribution in [1.29, 1.82) is 0 Å². The molecule has 24 heavy (non-hydrogen) atoms. The number of benzene rings is 2. The van der Waals surface area contributed by atoms with Gasteiger partial charge in [0.05, 0.1) is 5.69 Å². The van der Waals surface area contributed by atoms with Crippen LogP contribution in [0.3, 0.4) is 0 Å². The van der Waals surface area contributed by atoms with Crippen molar-refractivity contribution in [2.45, 2.75) is 13.8 Å². The third-order valence-electron chi connectivity index (χ3n) is 3.98. The molecule has 0 amide bonds. The highest BCUT2D eigenvalue weighted by atomic mass is 19.1. The number of anilines is 1. The van der Waals surface area contributed by atoms with E-state index in [9.17, 15) is 4.39 Å². The fourth-order valence-electron chi connectivity index (χ4n) is 2.67. The zero-order valence-corrected chi connectivity index (χ0v) is 13.9. The first-order chi connectivity index (χ1) is 11.7. The van der Waals surface area contributed by atoms with Crippen LogP contribution in [0, 0.1) is 5.82 Å². The smallest absolute Gasteiger partial charge is 0.162 e. The molecule has 2 aromatic carbocycles. The van der Waals surface area contributed by atoms with Gasteiger partial charge in [-0.25, -0.2) is 14.4 Å². The molecule has 3 rings (SSSR count). The molecular weight excluding hydrogens is 301 g/mol. The van der Waals surface area contributed by atoms with Crippen molar-refractivity contribution >= 4 is 5.82 Å². The van der Waals surface area contributed by atoms with Crippen molar-refractivity contribution in [1.82, 2.24) is 9.97 Å². The van der Waals surface area contributed by atoms with Crippen molar-refractivity contribution in [3.8, 4) is 22.6 Å². The van der Waals surface area contributed by atoms with Crippen LogP contribution in [0.15, 0.2) is 60.7 Å². The van der Waals surface area contributed by atoms with Gasteiger partial charge < -0.3 is 4.90 Å². The molecule has 4 heteroatoms. The zero-order valence-electron chi connectivity index (χ0n) is 13.9. The fraction of sp³-hybridized carbons (Fsp3) is 0.200. The summed E-state index contributed by atoms with van der Waals surface area (Å²) in [7, 11) is 0. The molecule has 122 valence electrons. The molecule has 0 saturated carbocycles. The summed E-state index contributed by atoms with van der Waals surface area (Å²) < 4.78 is 14.2. The molecule has 0 saturated heterocycles. The standard InChI is InChI=1S/C20H20FN3/c1-3-24(4-2)19-14-18(16-12-8-9-13-17(16)21)22-20(23-19)15-10-6-5-7-11-15/h5-14H,3-4H2,1-2H3. The van der Waals surface area contributed by atoms with Crippen LogP contribution >= 0.6 is 0 Å². The summed E-state index contributed by atoms with van der Waals surface area (Å²) in [5.74, 6) is 1.14. The Morgan fingerprint density at radius 3 is 2.21 bits per heavy atom. The normalized spacial score (nSPS) is 10.6. The minimum Gasteiger partial charge on any atom is -0.357 e. The zero-order chi connectivity index (χ0) is 16.9. The van der Waals surface area contributed by atoms with Crippen LogP contribution in [0.2, 0.25) is 0 Å². The van der Waals surface area contributed by atoms with Crippen molar-refractivity contribution in [2.24, 2.45) is 0 Å². The molecular formula is C20H20FN3. The average molecular weight is 321 g/mol. The maximum atomic E-state index is 14.2. The Balaban J connectivity index is 2.18. The third kappa shape index (κ3) is 3.27. The molecule has 3 aromatic rings. The van der Waals surface area contributed by atoms with Gasteiger partial charge in [0.15, 0.2) is 5.82 Å². The Morgan fingerprint density at radius 2 is 1.54 bits per heavy atom. The Kier molecular flexibility index (Phi) is 4.85. The molecule has 0 bridgehead atoms. The maximum absolute atomic E-state index is 14.2. The second kappa shape index (κ2) is 7.21. The molecule has 1 aromatic heterocycles. The van der Waals surface area contributed by atoms with Crippen LogP contribution in [0.5, 0.6) is 0 Å². The topological polar surface area (TPSA) is 29.0 Å². The highest BCUT2D eigenvalue weighted by Crippen LogP contribution is 2.27. The highest BCUT2D eigenvalue weighted by Gasteiger charge is 2.14. The number of halogens is 1. The van der Waals surface area contributed by atoms with Crippen LogP contribution < -0.4 is 4.90 Å². The van der Waals surface area contributed by atoms with Crippen molar-refractivity contribution in [2.75, 3.05) is 18.0 Å². The molecule has 0 N–H and O–H groups in total. The van der Waals surface area contributed by atoms with E-state index in [-0.39, 0.29) is 5.82 Å². The van der Waals surface area contributed by atoms with Crippen LogP contribution in [-0.4, -0.2) is 23.1 Å². The van der Waals surface area contributed by atoms with Gasteiger partial charge in [0, 0.05) is 30.3 Å². The van der Waals surface area contributed by atoms with E-state index in [0.717, 1.165) is 24.5 Å². The third-order valence-corrected chi connectivity index (χ3v) is 3.98. The van der Waals surface area contributed by atoms with E-state index in [2.05, 4.69) is 23.7 Å². The minimum atomic E-state index is -0.277. The lowest BCUT2D eigenvalue weighted by molar-refractivity contribution is 0.630. The number of hydrogen-bond donors (Lipinski definition) is 0. The summed E-state index contributed by atoms with van der Waals surface area (Å²) >= 11 is 0. The second-order valence-electron chi connectivity index (χ2n) is 5.45. The van der Waals surface area contributed by atoms with Gasteiger partial charge in [0.1, 0.15) is 11.6 Å². The summed E-state index contributed by atoms with van der Waals surface area (Å²) in [6, 6.07) is 18.3. The predicted molar refractivity (Wildman–Crippen MR) is 96.4 cm³/mol. The number of aromatic nitrogens is 2. The maximum Gasteiger partial charge on any atom is 0.162 e. The second-order valence-corrected chi connectivity index (χ2v) is 5.45. The monoisotopic (exact) mass is 321 g/mol. The molecule has 1 heterocycles. The number of nitrogens with zero attached hydrogens (tertiary/aromatic N) is 3. The number of rotatable bonds is 5. The van der Waals surface area contributed by atoms with E-state index in [1.807, 2.05) is 42.5 Å². The molecule has 0 aliphatic heterocycles. The summed E-state index contributed by atoms with van der Waals surface area (Å²) in [4.78, 5) is 11.4. The SMILES string of the molecule is CCN(CC)c1cc(-c2ccccc2F)nc(-c2ccccc2)n1. The van der Waals surface area contributed by atoms with Gasteiger partial charge in [-0.1, -0.05) is 42.5 Å². The quantitative estimate of drug-likeness (QED) is 0.676. The lowest BCUT2D eigenvalue weighted by Crippen LogP contribution is -2.23. The van der Waals surface area contributed by atoms with Gasteiger partial charge in [-0.3, -0.25) is 0 Å². The summed E-state index contributed by atoms with van der Waals surface area (Å²) in [6.07, 6.45) is 0. The van der Waals surface area contributed by atoms with Gasteiger partial charge in [-0.2, -0.15) is 0 Å². The minimum absolute atomic E-state index is 0.277. The molecule has 3 nitrogen and oxygen atoms in total. The largest absolute Gasteiger partial charge is 0.357 e. The van der Waals surface area contributed by atoms with Gasteiger partial charge >= 0.3 is 0 Å². The number of hydrogen-bond acceptors (Lipinski definition) is 3. The van der Waals surface area contributed by atoms with Gasteiger partial charge in [0.2, 0.25) is 0 Å². The first-order valence-electron chi connectivity index (χ1n) is 8.17. The van der Waals surface area contributed by atoms with E-state index in [0.29, 0.717) is 17.1 Å². The first kappa shape index (κ1) is 16.1. The molecule has 0 atom stereocenters. The van der Waals surface area contributed by atoms with E-state index in [4.69, 9.17) is 4.98 Å². The Bertz CT molecular complexity index is 814.